The molecule has 0 saturated heterocycles. The average Bonchev–Trinajstić information content (AvgIpc) is 3.29. The summed E-state index contributed by atoms with van der Waals surface area (Å²) in [6, 6.07) is 14.4. The van der Waals surface area contributed by atoms with Crippen molar-refractivity contribution in [3.8, 4) is 5.75 Å². The number of rotatable bonds is 7. The molecule has 2 aromatic carbocycles. The Bertz CT molecular complexity index is 1020. The molecule has 0 radical (unpaired) electrons. The highest BCUT2D eigenvalue weighted by Crippen LogP contribution is 2.46. The summed E-state index contributed by atoms with van der Waals surface area (Å²) in [7, 11) is 0. The molecule has 1 N–H and O–H groups in total. The summed E-state index contributed by atoms with van der Waals surface area (Å²) in [6.45, 7) is 10.3. The van der Waals surface area contributed by atoms with Crippen LogP contribution in [0.3, 0.4) is 0 Å². The van der Waals surface area contributed by atoms with E-state index in [0.717, 1.165) is 17.0 Å². The van der Waals surface area contributed by atoms with Crippen LogP contribution in [0.25, 0.3) is 0 Å². The number of aliphatic carboxylic acids is 1. The van der Waals surface area contributed by atoms with E-state index in [4.69, 9.17) is 9.57 Å². The van der Waals surface area contributed by atoms with E-state index >= 15 is 0 Å². The molecule has 32 heavy (non-hydrogen) atoms. The van der Waals surface area contributed by atoms with Crippen LogP contribution in [0.15, 0.2) is 47.6 Å². The summed E-state index contributed by atoms with van der Waals surface area (Å²) in [6.07, 6.45) is 3.06. The second-order valence-electron chi connectivity index (χ2n) is 10.3. The smallest absolute Gasteiger partial charge is 0.304 e. The Morgan fingerprint density at radius 3 is 2.38 bits per heavy atom. The Kier molecular flexibility index (Phi) is 6.02. The third-order valence-corrected chi connectivity index (χ3v) is 7.02. The number of oxime groups is 1. The lowest BCUT2D eigenvalue weighted by Crippen LogP contribution is -2.33. The minimum atomic E-state index is -0.844. The molecule has 1 aliphatic carbocycles. The number of ether oxygens (including phenoxy) is 1. The Balaban J connectivity index is 1.47. The van der Waals surface area contributed by atoms with Crippen molar-refractivity contribution >= 4 is 11.7 Å². The van der Waals surface area contributed by atoms with Gasteiger partial charge in [-0.25, -0.2) is 0 Å². The molecule has 1 heterocycles. The summed E-state index contributed by atoms with van der Waals surface area (Å²) in [4.78, 5) is 16.4. The quantitative estimate of drug-likeness (QED) is 0.584. The van der Waals surface area contributed by atoms with Gasteiger partial charge >= 0.3 is 5.97 Å². The van der Waals surface area contributed by atoms with E-state index in [0.29, 0.717) is 19.6 Å². The van der Waals surface area contributed by atoms with Crippen molar-refractivity contribution in [3.63, 3.8) is 0 Å². The maximum Gasteiger partial charge on any atom is 0.304 e. The van der Waals surface area contributed by atoms with Crippen LogP contribution in [-0.2, 0) is 27.1 Å². The Morgan fingerprint density at radius 2 is 1.75 bits per heavy atom. The van der Waals surface area contributed by atoms with Gasteiger partial charge in [0.25, 0.3) is 0 Å². The zero-order valence-corrected chi connectivity index (χ0v) is 19.5. The van der Waals surface area contributed by atoms with Crippen LogP contribution in [0.5, 0.6) is 5.75 Å². The maximum absolute atomic E-state index is 11.3. The summed E-state index contributed by atoms with van der Waals surface area (Å²) in [5.41, 5.74) is 6.14. The van der Waals surface area contributed by atoms with Crippen LogP contribution in [0, 0.1) is 0 Å². The third kappa shape index (κ3) is 4.67. The van der Waals surface area contributed by atoms with Gasteiger partial charge in [0.15, 0.2) is 0 Å². The van der Waals surface area contributed by atoms with Gasteiger partial charge in [-0.3, -0.25) is 4.79 Å². The van der Waals surface area contributed by atoms with E-state index in [1.807, 2.05) is 24.3 Å². The van der Waals surface area contributed by atoms with Crippen LogP contribution in [0.4, 0.5) is 0 Å². The Labute approximate surface area is 190 Å². The van der Waals surface area contributed by atoms with Crippen molar-refractivity contribution in [2.45, 2.75) is 76.7 Å². The Morgan fingerprint density at radius 1 is 1.06 bits per heavy atom. The van der Waals surface area contributed by atoms with E-state index in [-0.39, 0.29) is 23.2 Å². The normalized spacial score (nSPS) is 19.4. The molecule has 0 fully saturated rings. The van der Waals surface area contributed by atoms with Crippen molar-refractivity contribution in [1.29, 1.82) is 0 Å². The summed E-state index contributed by atoms with van der Waals surface area (Å²) < 4.78 is 6.07. The SMILES string of the molecule is CC1(C)CCC(C)(C)c2cc(COc3ccc(C(CC(=O)O)C4=NOCC4)cc3)ccc21. The van der Waals surface area contributed by atoms with Gasteiger partial charge < -0.3 is 14.7 Å². The predicted octanol–water partition coefficient (Wildman–Crippen LogP) is 5.95. The van der Waals surface area contributed by atoms with Crippen LogP contribution < -0.4 is 4.74 Å². The number of hydrogen-bond acceptors (Lipinski definition) is 4. The molecule has 0 saturated carbocycles. The lowest BCUT2D eigenvalue weighted by molar-refractivity contribution is -0.137. The summed E-state index contributed by atoms with van der Waals surface area (Å²) >= 11 is 0. The first-order chi connectivity index (χ1) is 15.2. The standard InChI is InChI=1S/C27H33NO4/c1-26(2)12-13-27(3,4)23-15-18(5-10-22(23)26)17-31-20-8-6-19(7-9-20)21(16-25(29)30)24-11-14-32-28-24/h5-10,15,21H,11-14,16-17H2,1-4H3,(H,29,30). The van der Waals surface area contributed by atoms with Crippen molar-refractivity contribution < 1.29 is 19.5 Å². The van der Waals surface area contributed by atoms with Gasteiger partial charge in [-0.1, -0.05) is 63.2 Å². The van der Waals surface area contributed by atoms with E-state index in [9.17, 15) is 9.90 Å². The molecule has 0 amide bonds. The molecule has 0 bridgehead atoms. The molecule has 5 heteroatoms. The zero-order valence-electron chi connectivity index (χ0n) is 19.5. The van der Waals surface area contributed by atoms with Gasteiger partial charge in [0, 0.05) is 12.3 Å². The molecular formula is C27H33NO4. The first-order valence-electron chi connectivity index (χ1n) is 11.4. The van der Waals surface area contributed by atoms with Gasteiger partial charge in [0.1, 0.15) is 19.0 Å². The minimum absolute atomic E-state index is 0.00363. The van der Waals surface area contributed by atoms with Crippen LogP contribution in [0.1, 0.15) is 81.5 Å². The van der Waals surface area contributed by atoms with Crippen LogP contribution in [0.2, 0.25) is 0 Å². The van der Waals surface area contributed by atoms with Crippen molar-refractivity contribution in [2.24, 2.45) is 5.16 Å². The first-order valence-corrected chi connectivity index (χ1v) is 11.4. The van der Waals surface area contributed by atoms with E-state index in [2.05, 4.69) is 51.0 Å². The van der Waals surface area contributed by atoms with Gasteiger partial charge in [-0.15, -0.1) is 0 Å². The van der Waals surface area contributed by atoms with E-state index in [1.165, 1.54) is 29.5 Å². The fraction of sp³-hybridized carbons (Fsp3) is 0.481. The Hall–Kier alpha value is -2.82. The average molecular weight is 436 g/mol. The number of carbonyl (C=O) groups is 1. The summed E-state index contributed by atoms with van der Waals surface area (Å²) in [5, 5.41) is 13.3. The van der Waals surface area contributed by atoms with Gasteiger partial charge in [0.05, 0.1) is 12.1 Å². The number of carboxylic acids is 1. The number of fused-ring (bicyclic) bond motifs is 1. The summed E-state index contributed by atoms with van der Waals surface area (Å²) in [5.74, 6) is -0.344. The van der Waals surface area contributed by atoms with E-state index < -0.39 is 5.97 Å². The van der Waals surface area contributed by atoms with Gasteiger partial charge in [0.2, 0.25) is 0 Å². The fourth-order valence-corrected chi connectivity index (χ4v) is 4.85. The molecule has 4 rings (SSSR count). The first kappa shape index (κ1) is 22.4. The molecule has 2 aliphatic rings. The minimum Gasteiger partial charge on any atom is -0.489 e. The largest absolute Gasteiger partial charge is 0.489 e. The third-order valence-electron chi connectivity index (χ3n) is 7.02. The zero-order chi connectivity index (χ0) is 22.9. The van der Waals surface area contributed by atoms with Gasteiger partial charge in [-0.05, 0) is 58.1 Å². The highest BCUT2D eigenvalue weighted by Gasteiger charge is 2.36. The highest BCUT2D eigenvalue weighted by atomic mass is 16.6. The van der Waals surface area contributed by atoms with Gasteiger partial charge in [-0.2, -0.15) is 0 Å². The lowest BCUT2D eigenvalue weighted by atomic mass is 9.63. The van der Waals surface area contributed by atoms with Crippen LogP contribution in [-0.4, -0.2) is 23.4 Å². The number of benzene rings is 2. The molecule has 170 valence electrons. The second-order valence-corrected chi connectivity index (χ2v) is 10.3. The number of carboxylic acid groups (broad SMARTS) is 1. The predicted molar refractivity (Wildman–Crippen MR) is 125 cm³/mol. The van der Waals surface area contributed by atoms with Crippen molar-refractivity contribution in [3.05, 3.63) is 64.7 Å². The molecule has 1 atom stereocenters. The monoisotopic (exact) mass is 435 g/mol. The molecule has 1 aliphatic heterocycles. The fourth-order valence-electron chi connectivity index (χ4n) is 4.85. The van der Waals surface area contributed by atoms with Crippen molar-refractivity contribution in [1.82, 2.24) is 0 Å². The topological polar surface area (TPSA) is 68.1 Å². The van der Waals surface area contributed by atoms with E-state index in [1.54, 1.807) is 0 Å². The number of nitrogens with zero attached hydrogens (tertiary/aromatic N) is 1. The lowest BCUT2D eigenvalue weighted by Gasteiger charge is -2.42. The molecule has 0 aromatic heterocycles. The second kappa shape index (κ2) is 8.61. The molecular weight excluding hydrogens is 402 g/mol. The number of hydrogen-bond donors (Lipinski definition) is 1. The van der Waals surface area contributed by atoms with Crippen LogP contribution >= 0.6 is 0 Å². The molecule has 2 aromatic rings. The molecule has 5 nitrogen and oxygen atoms in total. The highest BCUT2D eigenvalue weighted by molar-refractivity contribution is 5.94. The maximum atomic E-state index is 11.3. The molecule has 1 unspecified atom stereocenters. The van der Waals surface area contributed by atoms with Crippen molar-refractivity contribution in [2.75, 3.05) is 6.61 Å². The molecule has 0 spiro atoms.